The van der Waals surface area contributed by atoms with Crippen LogP contribution in [0.4, 0.5) is 11.5 Å². The Morgan fingerprint density at radius 2 is 0.935 bits per heavy atom. The summed E-state index contributed by atoms with van der Waals surface area (Å²) in [6.07, 6.45) is 10.9. The minimum absolute atomic E-state index is 0.297. The molecule has 0 aliphatic heterocycles. The zero-order chi connectivity index (χ0) is 43.9. The van der Waals surface area contributed by atoms with E-state index in [0.29, 0.717) is 110 Å². The standard InChI is InChI=1S/2C22H16Cl2N4O3/c1-30-15-10-16(31-2)19(24)17(18(15)23)13-5-6-14(21-20(13)26-8-9-27-21)22(29)28-12-4-3-7-25-11-12;1-30-14-11-15(31-2)19(24)17(18(14)23)12-6-7-13(21-20(12)26-9-10-27-21)22(29)28-16-5-3-4-8-25-16/h3-11H,1-2H3,(H,28,29);3-11H,1-2H3,(H,25,28,29). The Hall–Kier alpha value is -6.84. The summed E-state index contributed by atoms with van der Waals surface area (Å²) < 4.78 is 21.5. The summed E-state index contributed by atoms with van der Waals surface area (Å²) in [6, 6.07) is 18.7. The molecule has 0 fully saturated rings. The maximum atomic E-state index is 12.9. The third kappa shape index (κ3) is 8.67. The fourth-order valence-electron chi connectivity index (χ4n) is 6.38. The number of halogens is 4. The first-order valence-corrected chi connectivity index (χ1v) is 19.7. The SMILES string of the molecule is COc1cc(OC)c(Cl)c(-c2ccc(C(=O)Nc3ccccn3)c3nccnc23)c1Cl.COc1cc(OC)c(Cl)c(-c2ccc(C(=O)Nc3cccnc3)c3nccnc23)c1Cl. The van der Waals surface area contributed by atoms with Crippen LogP contribution < -0.4 is 29.6 Å². The van der Waals surface area contributed by atoms with Gasteiger partial charge in [-0.1, -0.05) is 64.6 Å². The van der Waals surface area contributed by atoms with Crippen molar-refractivity contribution in [1.29, 1.82) is 0 Å². The number of nitrogens with one attached hydrogen (secondary N) is 2. The molecular weight excluding hydrogens is 878 g/mol. The number of hydrogen-bond donors (Lipinski definition) is 2. The van der Waals surface area contributed by atoms with Gasteiger partial charge >= 0.3 is 0 Å². The van der Waals surface area contributed by atoms with Gasteiger partial charge in [-0.3, -0.25) is 34.5 Å². The molecule has 2 N–H and O–H groups in total. The van der Waals surface area contributed by atoms with Crippen LogP contribution in [0.15, 0.2) is 110 Å². The number of nitrogens with zero attached hydrogens (tertiary/aromatic N) is 6. The van der Waals surface area contributed by atoms with E-state index in [1.54, 1.807) is 85.3 Å². The minimum atomic E-state index is -0.365. The Morgan fingerprint density at radius 1 is 0.484 bits per heavy atom. The number of aromatic nitrogens is 6. The summed E-state index contributed by atoms with van der Waals surface area (Å²) in [6.45, 7) is 0. The molecule has 0 saturated heterocycles. The molecule has 0 radical (unpaired) electrons. The third-order valence-corrected chi connectivity index (χ3v) is 10.8. The van der Waals surface area contributed by atoms with Gasteiger partial charge in [-0.2, -0.15) is 0 Å². The normalized spacial score (nSPS) is 10.7. The van der Waals surface area contributed by atoms with Crippen molar-refractivity contribution in [2.24, 2.45) is 0 Å². The largest absolute Gasteiger partial charge is 0.495 e. The third-order valence-electron chi connectivity index (χ3n) is 9.25. The molecule has 0 atom stereocenters. The molecule has 18 heteroatoms. The summed E-state index contributed by atoms with van der Waals surface area (Å²) in [5.41, 5.74) is 5.08. The lowest BCUT2D eigenvalue weighted by molar-refractivity contribution is 0.102. The van der Waals surface area contributed by atoms with E-state index in [0.717, 1.165) is 0 Å². The average Bonchev–Trinajstić information content (AvgIpc) is 3.30. The van der Waals surface area contributed by atoms with Crippen LogP contribution in [0.2, 0.25) is 20.1 Å². The number of ether oxygens (including phenoxy) is 4. The summed E-state index contributed by atoms with van der Waals surface area (Å²) >= 11 is 26.4. The number of methoxy groups -OCH3 is 4. The quantitative estimate of drug-likeness (QED) is 0.133. The van der Waals surface area contributed by atoms with Crippen LogP contribution in [-0.2, 0) is 0 Å². The van der Waals surface area contributed by atoms with Crippen LogP contribution in [0.25, 0.3) is 44.3 Å². The van der Waals surface area contributed by atoms with Gasteiger partial charge in [-0.15, -0.1) is 0 Å². The van der Waals surface area contributed by atoms with E-state index in [9.17, 15) is 9.59 Å². The minimum Gasteiger partial charge on any atom is -0.495 e. The summed E-state index contributed by atoms with van der Waals surface area (Å²) in [7, 11) is 6.01. The van der Waals surface area contributed by atoms with Gasteiger partial charge in [0, 0.05) is 71.6 Å². The van der Waals surface area contributed by atoms with Crippen molar-refractivity contribution < 1.29 is 28.5 Å². The van der Waals surface area contributed by atoms with Crippen LogP contribution in [-0.4, -0.2) is 70.2 Å². The Labute approximate surface area is 374 Å². The molecule has 4 aromatic heterocycles. The second kappa shape index (κ2) is 19.3. The van der Waals surface area contributed by atoms with Crippen molar-refractivity contribution in [3.05, 3.63) is 141 Å². The fourth-order valence-corrected chi connectivity index (χ4v) is 7.79. The Bertz CT molecular complexity index is 2710. The summed E-state index contributed by atoms with van der Waals surface area (Å²) in [4.78, 5) is 51.6. The molecule has 2 amide bonds. The summed E-state index contributed by atoms with van der Waals surface area (Å²) in [5, 5.41) is 6.76. The molecule has 0 aliphatic rings. The first-order valence-electron chi connectivity index (χ1n) is 18.2. The number of pyridine rings is 2. The van der Waals surface area contributed by atoms with E-state index in [1.807, 2.05) is 0 Å². The molecule has 312 valence electrons. The van der Waals surface area contributed by atoms with Gasteiger partial charge in [0.1, 0.15) is 39.8 Å². The molecule has 0 spiro atoms. The molecule has 8 rings (SSSR count). The number of anilines is 2. The highest BCUT2D eigenvalue weighted by molar-refractivity contribution is 6.42. The average molecular weight is 911 g/mol. The number of benzene rings is 4. The molecule has 0 saturated carbocycles. The number of fused-ring (bicyclic) bond motifs is 2. The van der Waals surface area contributed by atoms with Crippen molar-refractivity contribution >= 4 is 91.8 Å². The van der Waals surface area contributed by atoms with E-state index in [1.165, 1.54) is 53.2 Å². The highest BCUT2D eigenvalue weighted by Gasteiger charge is 2.25. The van der Waals surface area contributed by atoms with Crippen LogP contribution in [0, 0.1) is 0 Å². The van der Waals surface area contributed by atoms with Crippen LogP contribution in [0.1, 0.15) is 20.7 Å². The van der Waals surface area contributed by atoms with Gasteiger partial charge in [-0.25, -0.2) is 4.98 Å². The number of rotatable bonds is 10. The molecule has 4 heterocycles. The second-order valence-corrected chi connectivity index (χ2v) is 14.3. The number of carbonyl (C=O) groups is 2. The second-order valence-electron chi connectivity index (χ2n) is 12.8. The van der Waals surface area contributed by atoms with Crippen molar-refractivity contribution in [2.45, 2.75) is 0 Å². The Kier molecular flexibility index (Phi) is 13.4. The van der Waals surface area contributed by atoms with E-state index >= 15 is 0 Å². The van der Waals surface area contributed by atoms with Gasteiger partial charge in [-0.05, 0) is 36.4 Å². The molecule has 14 nitrogen and oxygen atoms in total. The number of carbonyl (C=O) groups excluding carboxylic acids is 2. The Morgan fingerprint density at radius 3 is 1.34 bits per heavy atom. The smallest absolute Gasteiger partial charge is 0.259 e. The fraction of sp³-hybridized carbons (Fsp3) is 0.0909. The van der Waals surface area contributed by atoms with E-state index in [-0.39, 0.29) is 11.8 Å². The van der Waals surface area contributed by atoms with Crippen molar-refractivity contribution in [2.75, 3.05) is 39.1 Å². The van der Waals surface area contributed by atoms with Crippen LogP contribution in [0.3, 0.4) is 0 Å². The van der Waals surface area contributed by atoms with Crippen LogP contribution in [0.5, 0.6) is 23.0 Å². The topological polar surface area (TPSA) is 172 Å². The number of amides is 2. The van der Waals surface area contributed by atoms with E-state index in [4.69, 9.17) is 65.4 Å². The molecule has 0 bridgehead atoms. The van der Waals surface area contributed by atoms with Gasteiger partial charge < -0.3 is 29.6 Å². The molecule has 8 aromatic rings. The van der Waals surface area contributed by atoms with Crippen molar-refractivity contribution in [3.8, 4) is 45.3 Å². The maximum absolute atomic E-state index is 12.9. The summed E-state index contributed by atoms with van der Waals surface area (Å²) in [5.74, 6) is 1.31. The maximum Gasteiger partial charge on any atom is 0.259 e. The van der Waals surface area contributed by atoms with Crippen molar-refractivity contribution in [1.82, 2.24) is 29.9 Å². The predicted octanol–water partition coefficient (Wildman–Crippen LogP) is 10.5. The van der Waals surface area contributed by atoms with E-state index in [2.05, 4.69) is 40.5 Å². The lowest BCUT2D eigenvalue weighted by atomic mass is 9.99. The Balaban J connectivity index is 0.000000186. The lowest BCUT2D eigenvalue weighted by Gasteiger charge is -2.16. The first-order chi connectivity index (χ1) is 30.1. The molecule has 0 aliphatic carbocycles. The van der Waals surface area contributed by atoms with E-state index < -0.39 is 0 Å². The van der Waals surface area contributed by atoms with Gasteiger partial charge in [0.25, 0.3) is 11.8 Å². The van der Waals surface area contributed by atoms with Gasteiger partial charge in [0.2, 0.25) is 0 Å². The molecule has 4 aromatic carbocycles. The predicted molar refractivity (Wildman–Crippen MR) is 241 cm³/mol. The van der Waals surface area contributed by atoms with Crippen LogP contribution >= 0.6 is 46.4 Å². The highest BCUT2D eigenvalue weighted by atomic mass is 35.5. The molecule has 62 heavy (non-hydrogen) atoms. The lowest BCUT2D eigenvalue weighted by Crippen LogP contribution is -2.14. The molecular formula is C44H32Cl4N8O6. The zero-order valence-corrected chi connectivity index (χ0v) is 36.1. The highest BCUT2D eigenvalue weighted by Crippen LogP contribution is 2.49. The van der Waals surface area contributed by atoms with Gasteiger partial charge in [0.15, 0.2) is 0 Å². The van der Waals surface area contributed by atoms with Gasteiger partial charge in [0.05, 0.1) is 82.6 Å². The van der Waals surface area contributed by atoms with Crippen molar-refractivity contribution in [3.63, 3.8) is 0 Å². The first kappa shape index (κ1) is 43.3. The molecule has 0 unspecified atom stereocenters. The zero-order valence-electron chi connectivity index (χ0n) is 33.0. The monoisotopic (exact) mass is 908 g/mol. The number of hydrogen-bond acceptors (Lipinski definition) is 12.